The second kappa shape index (κ2) is 6.46. The predicted octanol–water partition coefficient (Wildman–Crippen LogP) is 5.30. The van der Waals surface area contributed by atoms with E-state index in [0.29, 0.717) is 12.1 Å². The van der Waals surface area contributed by atoms with Crippen LogP contribution in [0.1, 0.15) is 11.1 Å². The second-order valence-electron chi connectivity index (χ2n) is 3.96. The molecular weight excluding hydrogens is 302 g/mol. The van der Waals surface area contributed by atoms with Crippen molar-refractivity contribution in [1.29, 1.82) is 5.26 Å². The monoisotopic (exact) mass is 309 g/mol. The first-order chi connectivity index (χ1) is 10.0. The Balaban J connectivity index is 2.50. The molecule has 21 heavy (non-hydrogen) atoms. The topological polar surface area (TPSA) is 23.8 Å². The first kappa shape index (κ1) is 15.1. The second-order valence-corrected chi connectivity index (χ2v) is 4.75. The minimum atomic E-state index is -1.37. The number of thiocyanates is 1. The van der Waals surface area contributed by atoms with E-state index in [1.807, 2.05) is 0 Å². The Morgan fingerprint density at radius 1 is 0.905 bits per heavy atom. The molecule has 1 nitrogen and oxygen atoms in total. The molecule has 0 heterocycles. The van der Waals surface area contributed by atoms with Crippen molar-refractivity contribution in [3.63, 3.8) is 0 Å². The van der Waals surface area contributed by atoms with Crippen molar-refractivity contribution in [2.75, 3.05) is 0 Å². The molecule has 0 atom stereocenters. The highest BCUT2D eigenvalue weighted by molar-refractivity contribution is 8.03. The minimum Gasteiger partial charge on any atom is -0.206 e. The van der Waals surface area contributed by atoms with Crippen LogP contribution < -0.4 is 0 Å². The van der Waals surface area contributed by atoms with Gasteiger partial charge in [0.2, 0.25) is 0 Å². The molecular formula is C15H7F4NS. The Bertz CT molecular complexity index is 712. The number of hydrogen-bond acceptors (Lipinski definition) is 2. The molecule has 2 aromatic carbocycles. The van der Waals surface area contributed by atoms with E-state index >= 15 is 0 Å². The maximum atomic E-state index is 14.0. The maximum Gasteiger partial charge on any atom is 0.166 e. The van der Waals surface area contributed by atoms with Crippen molar-refractivity contribution in [1.82, 2.24) is 0 Å². The number of hydrogen-bond donors (Lipinski definition) is 0. The Kier molecular flexibility index (Phi) is 4.66. The first-order valence-corrected chi connectivity index (χ1v) is 6.52. The van der Waals surface area contributed by atoms with Crippen LogP contribution in [0.4, 0.5) is 17.6 Å². The van der Waals surface area contributed by atoms with Crippen molar-refractivity contribution >= 4 is 23.4 Å². The average Bonchev–Trinajstić information content (AvgIpc) is 2.50. The number of thioether (sulfide) groups is 1. The summed E-state index contributed by atoms with van der Waals surface area (Å²) in [5.74, 6) is -4.82. The van der Waals surface area contributed by atoms with Gasteiger partial charge in [-0.05, 0) is 23.9 Å². The smallest absolute Gasteiger partial charge is 0.166 e. The highest BCUT2D eigenvalue weighted by atomic mass is 32.2. The molecule has 0 amide bonds. The molecule has 0 bridgehead atoms. The normalized spacial score (nSPS) is 11.8. The van der Waals surface area contributed by atoms with Crippen molar-refractivity contribution in [2.24, 2.45) is 0 Å². The molecule has 0 fully saturated rings. The lowest BCUT2D eigenvalue weighted by Gasteiger charge is -2.05. The van der Waals surface area contributed by atoms with Gasteiger partial charge in [0.1, 0.15) is 17.0 Å². The molecule has 0 spiro atoms. The molecule has 0 N–H and O–H groups in total. The van der Waals surface area contributed by atoms with Crippen LogP contribution in [0, 0.1) is 22.3 Å². The molecule has 0 radical (unpaired) electrons. The third-order valence-electron chi connectivity index (χ3n) is 2.62. The van der Waals surface area contributed by atoms with Crippen molar-refractivity contribution in [3.8, 4) is 5.40 Å². The minimum absolute atomic E-state index is 0.0358. The fourth-order valence-electron chi connectivity index (χ4n) is 1.67. The quantitative estimate of drug-likeness (QED) is 0.332. The number of halogens is 4. The van der Waals surface area contributed by atoms with Gasteiger partial charge in [-0.15, -0.1) is 0 Å². The lowest BCUT2D eigenvalue weighted by Crippen LogP contribution is -1.92. The molecule has 0 aromatic heterocycles. The number of benzene rings is 2. The summed E-state index contributed by atoms with van der Waals surface area (Å²) < 4.78 is 55.1. The summed E-state index contributed by atoms with van der Waals surface area (Å²) in [5.41, 5.74) is -0.597. The van der Waals surface area contributed by atoms with Gasteiger partial charge in [-0.25, -0.2) is 17.6 Å². The van der Waals surface area contributed by atoms with Crippen LogP contribution in [0.2, 0.25) is 0 Å². The van der Waals surface area contributed by atoms with E-state index < -0.39 is 33.7 Å². The van der Waals surface area contributed by atoms with E-state index in [2.05, 4.69) is 0 Å². The molecule has 0 unspecified atom stereocenters. The zero-order chi connectivity index (χ0) is 15.4. The fraction of sp³-hybridized carbons (Fsp3) is 0. The van der Waals surface area contributed by atoms with Crippen LogP contribution in [0.3, 0.4) is 0 Å². The molecule has 106 valence electrons. The molecule has 0 aliphatic heterocycles. The van der Waals surface area contributed by atoms with Crippen LogP contribution in [0.25, 0.3) is 11.7 Å². The lowest BCUT2D eigenvalue weighted by molar-refractivity contribution is 0.539. The third kappa shape index (κ3) is 3.26. The number of nitriles is 1. The fourth-order valence-corrected chi connectivity index (χ4v) is 2.07. The van der Waals surface area contributed by atoms with E-state index in [1.54, 1.807) is 6.07 Å². The van der Waals surface area contributed by atoms with Gasteiger partial charge in [-0.1, -0.05) is 30.3 Å². The van der Waals surface area contributed by atoms with Gasteiger partial charge in [-0.3, -0.25) is 0 Å². The van der Waals surface area contributed by atoms with Crippen LogP contribution in [-0.2, 0) is 0 Å². The van der Waals surface area contributed by atoms with Gasteiger partial charge < -0.3 is 0 Å². The molecule has 0 aliphatic rings. The standard InChI is InChI=1S/C15H7F4NS/c16-11-6-10(7-12(17)15(11)21-8-20)14(19)13(18)9-4-2-1-3-5-9/h1-7H/b14-13+. The van der Waals surface area contributed by atoms with Gasteiger partial charge in [0.25, 0.3) is 0 Å². The molecule has 0 saturated carbocycles. The van der Waals surface area contributed by atoms with Gasteiger partial charge in [-0.2, -0.15) is 5.26 Å². The molecule has 0 saturated heterocycles. The van der Waals surface area contributed by atoms with Gasteiger partial charge in [0, 0.05) is 11.1 Å². The number of nitrogens with zero attached hydrogens (tertiary/aromatic N) is 1. The van der Waals surface area contributed by atoms with Crippen molar-refractivity contribution in [2.45, 2.75) is 4.90 Å². The van der Waals surface area contributed by atoms with Crippen LogP contribution >= 0.6 is 11.8 Å². The summed E-state index contributed by atoms with van der Waals surface area (Å²) in [5, 5.41) is 9.94. The van der Waals surface area contributed by atoms with Gasteiger partial charge in [0.15, 0.2) is 11.7 Å². The molecule has 6 heteroatoms. The highest BCUT2D eigenvalue weighted by Gasteiger charge is 2.17. The molecule has 2 aromatic rings. The zero-order valence-electron chi connectivity index (χ0n) is 10.4. The average molecular weight is 309 g/mol. The van der Waals surface area contributed by atoms with Crippen LogP contribution in [-0.4, -0.2) is 0 Å². The van der Waals surface area contributed by atoms with E-state index in [1.165, 1.54) is 29.7 Å². The summed E-state index contributed by atoms with van der Waals surface area (Å²) in [6.45, 7) is 0. The highest BCUT2D eigenvalue weighted by Crippen LogP contribution is 2.32. The summed E-state index contributed by atoms with van der Waals surface area (Å²) in [4.78, 5) is -0.547. The van der Waals surface area contributed by atoms with E-state index in [0.717, 1.165) is 0 Å². The lowest BCUT2D eigenvalue weighted by atomic mass is 10.1. The summed E-state index contributed by atoms with van der Waals surface area (Å²) in [7, 11) is 0. The predicted molar refractivity (Wildman–Crippen MR) is 73.3 cm³/mol. The van der Waals surface area contributed by atoms with Crippen molar-refractivity contribution in [3.05, 3.63) is 65.2 Å². The summed E-state index contributed by atoms with van der Waals surface area (Å²) in [6.07, 6.45) is 0. The van der Waals surface area contributed by atoms with Crippen LogP contribution in [0.15, 0.2) is 47.4 Å². The largest absolute Gasteiger partial charge is 0.206 e. The Hall–Kier alpha value is -2.26. The molecule has 2 rings (SSSR count). The Morgan fingerprint density at radius 2 is 1.43 bits per heavy atom. The van der Waals surface area contributed by atoms with E-state index in [4.69, 9.17) is 5.26 Å². The molecule has 0 aliphatic carbocycles. The van der Waals surface area contributed by atoms with Gasteiger partial charge >= 0.3 is 0 Å². The van der Waals surface area contributed by atoms with E-state index in [-0.39, 0.29) is 17.3 Å². The van der Waals surface area contributed by atoms with Crippen molar-refractivity contribution < 1.29 is 17.6 Å². The summed E-state index contributed by atoms with van der Waals surface area (Å²) in [6, 6.07) is 8.62. The Morgan fingerprint density at radius 3 is 1.95 bits per heavy atom. The van der Waals surface area contributed by atoms with E-state index in [9.17, 15) is 17.6 Å². The SMILES string of the molecule is N#CSc1c(F)cc(/C(F)=C(\F)c2ccccc2)cc1F. The van der Waals surface area contributed by atoms with Crippen LogP contribution in [0.5, 0.6) is 0 Å². The maximum absolute atomic E-state index is 14.0. The third-order valence-corrected chi connectivity index (χ3v) is 3.30. The van der Waals surface area contributed by atoms with Gasteiger partial charge in [0.05, 0.1) is 4.90 Å². The summed E-state index contributed by atoms with van der Waals surface area (Å²) >= 11 is 0.277. The number of rotatable bonds is 3. The zero-order valence-corrected chi connectivity index (χ0v) is 11.2. The Labute approximate surface area is 122 Å². The first-order valence-electron chi connectivity index (χ1n) is 5.70.